The summed E-state index contributed by atoms with van der Waals surface area (Å²) in [4.78, 5) is 9.99. The Morgan fingerprint density at radius 1 is 2.00 bits per heavy atom. The molecule has 6 heavy (non-hydrogen) atoms. The first-order valence-corrected chi connectivity index (χ1v) is 2.38. The van der Waals surface area contributed by atoms with E-state index in [1.54, 1.807) is 0 Å². The lowest BCUT2D eigenvalue weighted by Gasteiger charge is -1.78. The van der Waals surface area contributed by atoms with Crippen molar-refractivity contribution in [3.8, 4) is 0 Å². The van der Waals surface area contributed by atoms with Gasteiger partial charge in [-0.2, -0.15) is 0 Å². The van der Waals surface area contributed by atoms with Crippen molar-refractivity contribution < 1.29 is 9.08 Å². The molecular weight excluding hydrogens is 102 g/mol. The average Bonchev–Trinajstić information content (AvgIpc) is 1.86. The Labute approximate surface area is 39.2 Å². The van der Waals surface area contributed by atoms with Gasteiger partial charge in [-0.05, 0) is 0 Å². The zero-order chi connectivity index (χ0) is 4.41. The summed E-state index contributed by atoms with van der Waals surface area (Å²) >= 11 is 1.12. The first-order chi connectivity index (χ1) is 2.89. The SMILES string of the molecule is O=C1CSON1. The minimum Gasteiger partial charge on any atom is -0.272 e. The maximum atomic E-state index is 9.99. The second-order valence-electron chi connectivity index (χ2n) is 0.871. The van der Waals surface area contributed by atoms with Crippen molar-refractivity contribution in [3.63, 3.8) is 0 Å². The van der Waals surface area contributed by atoms with Gasteiger partial charge in [-0.15, -0.1) is 0 Å². The number of hydrogen-bond acceptors (Lipinski definition) is 3. The molecular formula is C2H3NO2S. The quantitative estimate of drug-likeness (QED) is 0.430. The van der Waals surface area contributed by atoms with Gasteiger partial charge in [0.2, 0.25) is 0 Å². The topological polar surface area (TPSA) is 38.3 Å². The Balaban J connectivity index is 2.37. The predicted octanol–water partition coefficient (Wildman–Crippen LogP) is -0.304. The highest BCUT2D eigenvalue weighted by Crippen LogP contribution is 2.03. The van der Waals surface area contributed by atoms with Crippen LogP contribution in [0.1, 0.15) is 0 Å². The van der Waals surface area contributed by atoms with Gasteiger partial charge < -0.3 is 0 Å². The van der Waals surface area contributed by atoms with Crippen LogP contribution < -0.4 is 5.48 Å². The summed E-state index contributed by atoms with van der Waals surface area (Å²) in [5.41, 5.74) is 2.14. The highest BCUT2D eigenvalue weighted by molar-refractivity contribution is 7.95. The van der Waals surface area contributed by atoms with E-state index in [9.17, 15) is 4.79 Å². The van der Waals surface area contributed by atoms with E-state index in [4.69, 9.17) is 0 Å². The van der Waals surface area contributed by atoms with E-state index in [1.165, 1.54) is 0 Å². The van der Waals surface area contributed by atoms with Crippen molar-refractivity contribution in [1.82, 2.24) is 5.48 Å². The monoisotopic (exact) mass is 105 g/mol. The number of nitrogens with one attached hydrogen (secondary N) is 1. The molecule has 0 aromatic heterocycles. The fourth-order valence-electron chi connectivity index (χ4n) is 0.188. The number of hydroxylamine groups is 1. The van der Waals surface area contributed by atoms with Crippen LogP contribution in [0.2, 0.25) is 0 Å². The minimum atomic E-state index is -0.0556. The third kappa shape index (κ3) is 0.636. The van der Waals surface area contributed by atoms with Crippen molar-refractivity contribution in [1.29, 1.82) is 0 Å². The lowest BCUT2D eigenvalue weighted by atomic mass is 10.8. The van der Waals surface area contributed by atoms with E-state index in [0.717, 1.165) is 12.0 Å². The number of carbonyl (C=O) groups excluding carboxylic acids is 1. The highest BCUT2D eigenvalue weighted by Gasteiger charge is 2.08. The molecule has 0 atom stereocenters. The average molecular weight is 105 g/mol. The van der Waals surface area contributed by atoms with Crippen molar-refractivity contribution in [3.05, 3.63) is 0 Å². The maximum Gasteiger partial charge on any atom is 0.256 e. The predicted molar refractivity (Wildman–Crippen MR) is 21.7 cm³/mol. The molecule has 1 N–H and O–H groups in total. The number of amides is 1. The van der Waals surface area contributed by atoms with Crippen LogP contribution in [0, 0.1) is 0 Å². The maximum absolute atomic E-state index is 9.99. The van der Waals surface area contributed by atoms with Crippen LogP contribution in [-0.2, 0) is 9.08 Å². The van der Waals surface area contributed by atoms with Crippen LogP contribution in [0.4, 0.5) is 0 Å². The molecule has 0 aromatic rings. The Morgan fingerprint density at radius 2 is 2.83 bits per heavy atom. The molecule has 1 rings (SSSR count). The lowest BCUT2D eigenvalue weighted by Crippen LogP contribution is -2.13. The first-order valence-electron chi connectivity index (χ1n) is 1.47. The molecule has 0 unspecified atom stereocenters. The molecule has 0 saturated carbocycles. The number of carbonyl (C=O) groups is 1. The summed E-state index contributed by atoms with van der Waals surface area (Å²) < 4.78 is 4.37. The fraction of sp³-hybridized carbons (Fsp3) is 0.500. The molecule has 4 heteroatoms. The van der Waals surface area contributed by atoms with Gasteiger partial charge >= 0.3 is 0 Å². The molecule has 1 amide bonds. The van der Waals surface area contributed by atoms with Gasteiger partial charge in [0.05, 0.1) is 0 Å². The standard InChI is InChI=1S/C2H3NO2S/c4-2-1-6-5-3-2/h1H2,(H,3,4). The van der Waals surface area contributed by atoms with Gasteiger partial charge in [0.15, 0.2) is 0 Å². The van der Waals surface area contributed by atoms with Crippen molar-refractivity contribution in [2.45, 2.75) is 0 Å². The van der Waals surface area contributed by atoms with Crippen LogP contribution in [0.15, 0.2) is 0 Å². The van der Waals surface area contributed by atoms with Crippen molar-refractivity contribution >= 4 is 17.9 Å². The van der Waals surface area contributed by atoms with Crippen LogP contribution in [0.5, 0.6) is 0 Å². The molecule has 0 radical (unpaired) electrons. The van der Waals surface area contributed by atoms with Crippen LogP contribution in [0.25, 0.3) is 0 Å². The summed E-state index contributed by atoms with van der Waals surface area (Å²) in [6.07, 6.45) is 0. The van der Waals surface area contributed by atoms with Gasteiger partial charge in [-0.25, -0.2) is 9.76 Å². The van der Waals surface area contributed by atoms with Crippen LogP contribution in [-0.4, -0.2) is 11.7 Å². The van der Waals surface area contributed by atoms with Gasteiger partial charge in [0, 0.05) is 12.0 Å². The highest BCUT2D eigenvalue weighted by atomic mass is 32.2. The van der Waals surface area contributed by atoms with E-state index in [-0.39, 0.29) is 5.91 Å². The lowest BCUT2D eigenvalue weighted by molar-refractivity contribution is -0.122. The molecule has 0 bridgehead atoms. The Bertz CT molecular complexity index is 65.9. The Morgan fingerprint density at radius 3 is 3.00 bits per heavy atom. The third-order valence-corrected chi connectivity index (χ3v) is 0.986. The normalized spacial score (nSPS) is 21.0. The molecule has 1 fully saturated rings. The van der Waals surface area contributed by atoms with Crippen molar-refractivity contribution in [2.24, 2.45) is 0 Å². The first kappa shape index (κ1) is 3.95. The second kappa shape index (κ2) is 1.49. The third-order valence-electron chi connectivity index (χ3n) is 0.404. The molecule has 1 aliphatic heterocycles. The Kier molecular flexibility index (Phi) is 0.979. The van der Waals surface area contributed by atoms with E-state index in [2.05, 4.69) is 9.76 Å². The van der Waals surface area contributed by atoms with E-state index in [0.29, 0.717) is 5.75 Å². The molecule has 3 nitrogen and oxygen atoms in total. The summed E-state index contributed by atoms with van der Waals surface area (Å²) in [5.74, 6) is 0.375. The van der Waals surface area contributed by atoms with Crippen LogP contribution in [0.3, 0.4) is 0 Å². The summed E-state index contributed by atoms with van der Waals surface area (Å²) in [6.45, 7) is 0. The minimum absolute atomic E-state index is 0.0556. The fourth-order valence-corrected chi connectivity index (χ4v) is 0.565. The van der Waals surface area contributed by atoms with Crippen molar-refractivity contribution in [2.75, 3.05) is 5.75 Å². The summed E-state index contributed by atoms with van der Waals surface area (Å²) in [7, 11) is 0. The molecule has 0 aromatic carbocycles. The van der Waals surface area contributed by atoms with Gasteiger partial charge in [0.1, 0.15) is 5.75 Å². The smallest absolute Gasteiger partial charge is 0.256 e. The summed E-state index contributed by atoms with van der Waals surface area (Å²) in [6, 6.07) is 0. The Hall–Kier alpha value is -0.220. The van der Waals surface area contributed by atoms with Gasteiger partial charge in [-0.1, -0.05) is 0 Å². The van der Waals surface area contributed by atoms with Gasteiger partial charge in [-0.3, -0.25) is 4.79 Å². The number of rotatable bonds is 0. The summed E-state index contributed by atoms with van der Waals surface area (Å²) in [5, 5.41) is 0. The molecule has 1 saturated heterocycles. The van der Waals surface area contributed by atoms with E-state index >= 15 is 0 Å². The number of hydrogen-bond donors (Lipinski definition) is 1. The molecule has 34 valence electrons. The van der Waals surface area contributed by atoms with E-state index in [1.807, 2.05) is 0 Å². The van der Waals surface area contributed by atoms with Gasteiger partial charge in [0.25, 0.3) is 5.91 Å². The largest absolute Gasteiger partial charge is 0.272 e. The molecule has 1 heterocycles. The zero-order valence-corrected chi connectivity index (χ0v) is 3.75. The molecule has 0 aliphatic carbocycles. The second-order valence-corrected chi connectivity index (χ2v) is 1.56. The van der Waals surface area contributed by atoms with E-state index < -0.39 is 0 Å². The zero-order valence-electron chi connectivity index (χ0n) is 2.93. The molecule has 1 aliphatic rings. The molecule has 0 spiro atoms. The van der Waals surface area contributed by atoms with Crippen LogP contribution >= 0.6 is 12.0 Å².